The van der Waals surface area contributed by atoms with Gasteiger partial charge in [0.25, 0.3) is 0 Å². The number of hydrogen-bond acceptors (Lipinski definition) is 9. The zero-order valence-corrected chi connectivity index (χ0v) is 19.6. The molecule has 2 aromatic heterocycles. The molecular weight excluding hydrogens is 447 g/mol. The first-order valence-corrected chi connectivity index (χ1v) is 11.5. The van der Waals surface area contributed by atoms with Crippen molar-refractivity contribution in [2.24, 2.45) is 0 Å². The Morgan fingerprint density at radius 2 is 1.76 bits per heavy atom. The van der Waals surface area contributed by atoms with Crippen molar-refractivity contribution in [1.29, 1.82) is 0 Å². The Labute approximate surface area is 194 Å². The van der Waals surface area contributed by atoms with E-state index in [-0.39, 0.29) is 24.8 Å². The summed E-state index contributed by atoms with van der Waals surface area (Å²) in [6.45, 7) is 6.70. The van der Waals surface area contributed by atoms with Crippen LogP contribution in [-0.4, -0.2) is 61.8 Å². The van der Waals surface area contributed by atoms with E-state index in [0.29, 0.717) is 34.4 Å². The highest BCUT2D eigenvalue weighted by molar-refractivity contribution is 7.20. The first-order valence-electron chi connectivity index (χ1n) is 10.7. The smallest absolute Gasteiger partial charge is 0.348 e. The third-order valence-corrected chi connectivity index (χ3v) is 6.75. The van der Waals surface area contributed by atoms with Crippen molar-refractivity contribution in [2.75, 3.05) is 49.7 Å². The van der Waals surface area contributed by atoms with E-state index >= 15 is 0 Å². The van der Waals surface area contributed by atoms with Crippen molar-refractivity contribution in [3.63, 3.8) is 0 Å². The van der Waals surface area contributed by atoms with Crippen LogP contribution in [0.5, 0.6) is 0 Å². The molecule has 0 spiro atoms. The van der Waals surface area contributed by atoms with Crippen LogP contribution >= 0.6 is 11.3 Å². The molecule has 0 unspecified atom stereocenters. The third kappa shape index (κ3) is 4.75. The average Bonchev–Trinajstić information content (AvgIpc) is 3.15. The maximum Gasteiger partial charge on any atom is 0.348 e. The van der Waals surface area contributed by atoms with Crippen LogP contribution in [0, 0.1) is 12.7 Å². The quantitative estimate of drug-likeness (QED) is 0.505. The normalized spacial score (nSPS) is 13.9. The van der Waals surface area contributed by atoms with Crippen LogP contribution in [0.2, 0.25) is 0 Å². The summed E-state index contributed by atoms with van der Waals surface area (Å²) in [5.74, 6) is -0.0342. The van der Waals surface area contributed by atoms with Crippen molar-refractivity contribution < 1.29 is 23.5 Å². The predicted octanol–water partition coefficient (Wildman–Crippen LogP) is 3.36. The summed E-state index contributed by atoms with van der Waals surface area (Å²) >= 11 is 1.25. The van der Waals surface area contributed by atoms with Gasteiger partial charge in [-0.05, 0) is 43.7 Å². The Balaban J connectivity index is 1.68. The second kappa shape index (κ2) is 9.70. The number of hydrogen-bond donors (Lipinski definition) is 0. The van der Waals surface area contributed by atoms with Crippen LogP contribution in [0.3, 0.4) is 0 Å². The van der Waals surface area contributed by atoms with Crippen molar-refractivity contribution in [2.45, 2.75) is 20.3 Å². The molecule has 0 radical (unpaired) electrons. The second-order valence-electron chi connectivity index (χ2n) is 7.62. The molecule has 1 fully saturated rings. The summed E-state index contributed by atoms with van der Waals surface area (Å²) in [7, 11) is 1.32. The summed E-state index contributed by atoms with van der Waals surface area (Å²) in [6.07, 6.45) is -0.0549. The van der Waals surface area contributed by atoms with E-state index in [1.807, 2.05) is 6.92 Å². The number of carbonyl (C=O) groups is 2. The maximum absolute atomic E-state index is 13.3. The number of aryl methyl sites for hydroxylation is 1. The highest BCUT2D eigenvalue weighted by Gasteiger charge is 2.26. The molecule has 0 saturated carbocycles. The number of rotatable bonds is 6. The lowest BCUT2D eigenvalue weighted by Crippen LogP contribution is -2.47. The minimum absolute atomic E-state index is 0.0549. The van der Waals surface area contributed by atoms with Gasteiger partial charge in [-0.2, -0.15) is 0 Å². The Morgan fingerprint density at radius 3 is 2.39 bits per heavy atom. The number of fused-ring (bicyclic) bond motifs is 1. The minimum Gasteiger partial charge on any atom is -0.469 e. The number of halogens is 1. The van der Waals surface area contributed by atoms with E-state index in [0.717, 1.165) is 29.7 Å². The molecule has 8 nitrogen and oxygen atoms in total. The van der Waals surface area contributed by atoms with E-state index in [1.165, 1.54) is 30.6 Å². The fourth-order valence-electron chi connectivity index (χ4n) is 3.89. The van der Waals surface area contributed by atoms with Gasteiger partial charge in [0.05, 0.1) is 19.1 Å². The van der Waals surface area contributed by atoms with Crippen molar-refractivity contribution in [3.8, 4) is 0 Å². The summed E-state index contributed by atoms with van der Waals surface area (Å²) < 4.78 is 23.3. The van der Waals surface area contributed by atoms with Gasteiger partial charge in [0.1, 0.15) is 33.6 Å². The summed E-state index contributed by atoms with van der Waals surface area (Å²) in [5.41, 5.74) is 1.74. The van der Waals surface area contributed by atoms with Crippen LogP contribution in [0.4, 0.5) is 15.9 Å². The molecule has 3 heterocycles. The lowest BCUT2D eigenvalue weighted by molar-refractivity contribution is -0.139. The van der Waals surface area contributed by atoms with E-state index in [4.69, 9.17) is 14.5 Å². The van der Waals surface area contributed by atoms with Gasteiger partial charge in [-0.3, -0.25) is 4.79 Å². The molecule has 1 saturated heterocycles. The molecule has 1 aliphatic rings. The summed E-state index contributed by atoms with van der Waals surface area (Å²) in [6, 6.07) is 6.47. The van der Waals surface area contributed by atoms with E-state index in [9.17, 15) is 14.0 Å². The lowest BCUT2D eigenvalue weighted by atomic mass is 10.1. The van der Waals surface area contributed by atoms with Crippen LogP contribution in [-0.2, 0) is 20.7 Å². The van der Waals surface area contributed by atoms with Gasteiger partial charge in [-0.25, -0.2) is 19.2 Å². The average molecular weight is 473 g/mol. The van der Waals surface area contributed by atoms with E-state index < -0.39 is 5.97 Å². The highest BCUT2D eigenvalue weighted by Crippen LogP contribution is 2.36. The predicted molar refractivity (Wildman–Crippen MR) is 125 cm³/mol. The summed E-state index contributed by atoms with van der Waals surface area (Å²) in [5, 5.41) is 0.798. The molecule has 33 heavy (non-hydrogen) atoms. The van der Waals surface area contributed by atoms with Gasteiger partial charge < -0.3 is 19.3 Å². The molecule has 0 atom stereocenters. The van der Waals surface area contributed by atoms with Gasteiger partial charge in [-0.15, -0.1) is 11.3 Å². The number of nitrogens with zero attached hydrogens (tertiary/aromatic N) is 4. The minimum atomic E-state index is -0.430. The largest absolute Gasteiger partial charge is 0.469 e. The molecule has 3 aromatic rings. The molecule has 0 N–H and O–H groups in total. The number of benzene rings is 1. The van der Waals surface area contributed by atoms with Gasteiger partial charge >= 0.3 is 11.9 Å². The molecule has 0 amide bonds. The fraction of sp³-hybridized carbons (Fsp3) is 0.391. The Kier molecular flexibility index (Phi) is 6.73. The van der Waals surface area contributed by atoms with Gasteiger partial charge in [-0.1, -0.05) is 0 Å². The van der Waals surface area contributed by atoms with Crippen LogP contribution < -0.4 is 9.80 Å². The number of esters is 2. The van der Waals surface area contributed by atoms with Crippen LogP contribution in [0.25, 0.3) is 10.2 Å². The molecule has 1 aliphatic heterocycles. The van der Waals surface area contributed by atoms with Crippen LogP contribution in [0.1, 0.15) is 28.0 Å². The first kappa shape index (κ1) is 22.9. The molecule has 0 aliphatic carbocycles. The number of methoxy groups -OCH3 is 1. The molecule has 174 valence electrons. The Hall–Kier alpha value is -3.27. The highest BCUT2D eigenvalue weighted by atomic mass is 32.1. The van der Waals surface area contributed by atoms with Crippen molar-refractivity contribution >= 4 is 45.0 Å². The second-order valence-corrected chi connectivity index (χ2v) is 8.62. The lowest BCUT2D eigenvalue weighted by Gasteiger charge is -2.37. The SMILES string of the molecule is CCOC(=O)c1sc2nc(CC(=O)OC)nc(N3CCN(c4ccc(F)cc4)CC3)c2c1C. The number of ether oxygens (including phenoxy) is 2. The summed E-state index contributed by atoms with van der Waals surface area (Å²) in [4.78, 5) is 39.0. The van der Waals surface area contributed by atoms with Crippen molar-refractivity contribution in [3.05, 3.63) is 46.3 Å². The molecule has 10 heteroatoms. The third-order valence-electron chi connectivity index (χ3n) is 5.58. The zero-order valence-electron chi connectivity index (χ0n) is 18.8. The van der Waals surface area contributed by atoms with Gasteiger partial charge in [0.15, 0.2) is 0 Å². The molecule has 4 rings (SSSR count). The number of carbonyl (C=O) groups excluding carboxylic acids is 2. The zero-order chi connectivity index (χ0) is 23.5. The van der Waals surface area contributed by atoms with Gasteiger partial charge in [0, 0.05) is 31.9 Å². The topological polar surface area (TPSA) is 84.9 Å². The molecule has 0 bridgehead atoms. The number of piperazine rings is 1. The maximum atomic E-state index is 13.3. The number of anilines is 2. The standard InChI is InChI=1S/C23H25FN4O4S/c1-4-32-23(30)20-14(2)19-21(25-17(13-18(29)31-3)26-22(19)33-20)28-11-9-27(10-12-28)16-7-5-15(24)6-8-16/h5-8H,4,9-13H2,1-3H3. The number of thiophene rings is 1. The van der Waals surface area contributed by atoms with Crippen molar-refractivity contribution in [1.82, 2.24) is 9.97 Å². The van der Waals surface area contributed by atoms with Gasteiger partial charge in [0.2, 0.25) is 0 Å². The Morgan fingerprint density at radius 1 is 1.09 bits per heavy atom. The number of aromatic nitrogens is 2. The van der Waals surface area contributed by atoms with E-state index in [2.05, 4.69) is 14.8 Å². The first-order chi connectivity index (χ1) is 15.9. The Bertz CT molecular complexity index is 1170. The van der Waals surface area contributed by atoms with E-state index in [1.54, 1.807) is 19.1 Å². The fourth-order valence-corrected chi connectivity index (χ4v) is 4.98. The molecule has 1 aromatic carbocycles. The molecular formula is C23H25FN4O4S. The van der Waals surface area contributed by atoms with Crippen LogP contribution in [0.15, 0.2) is 24.3 Å². The monoisotopic (exact) mass is 472 g/mol.